The van der Waals surface area contributed by atoms with Crippen LogP contribution in [0, 0.1) is 6.92 Å². The zero-order valence-corrected chi connectivity index (χ0v) is 12.5. The predicted molar refractivity (Wildman–Crippen MR) is 82.2 cm³/mol. The molecule has 1 aromatic rings. The minimum atomic E-state index is -0.989. The van der Waals surface area contributed by atoms with Gasteiger partial charge in [-0.1, -0.05) is 13.0 Å². The topological polar surface area (TPSA) is 57.6 Å². The van der Waals surface area contributed by atoms with Gasteiger partial charge in [-0.15, -0.1) is 0 Å². The van der Waals surface area contributed by atoms with E-state index >= 15 is 0 Å². The lowest BCUT2D eigenvalue weighted by Gasteiger charge is -2.22. The standard InChI is InChI=1S/C17H21NO3/c1-3-10-18(15-7-8-15)17(21)14-5-4-12(2)13(11-14)6-9-16(19)20/h4-6,9,11,15H,3,7-8,10H2,1-2H3,(H,19,20)/b9-6+. The number of rotatable bonds is 6. The van der Waals surface area contributed by atoms with E-state index in [1.807, 2.05) is 24.0 Å². The molecular formula is C17H21NO3. The van der Waals surface area contributed by atoms with Crippen LogP contribution in [0.5, 0.6) is 0 Å². The van der Waals surface area contributed by atoms with Crippen molar-refractivity contribution in [2.45, 2.75) is 39.2 Å². The summed E-state index contributed by atoms with van der Waals surface area (Å²) in [4.78, 5) is 25.2. The summed E-state index contributed by atoms with van der Waals surface area (Å²) >= 11 is 0. The molecule has 0 atom stereocenters. The Balaban J connectivity index is 2.24. The molecule has 0 aliphatic heterocycles. The molecule has 1 amide bonds. The molecule has 1 saturated carbocycles. The molecule has 4 heteroatoms. The fourth-order valence-corrected chi connectivity index (χ4v) is 2.36. The van der Waals surface area contributed by atoms with Gasteiger partial charge in [-0.2, -0.15) is 0 Å². The molecule has 0 aromatic heterocycles. The third-order valence-corrected chi connectivity index (χ3v) is 3.64. The number of benzene rings is 1. The van der Waals surface area contributed by atoms with E-state index in [1.54, 1.807) is 6.07 Å². The Labute approximate surface area is 125 Å². The van der Waals surface area contributed by atoms with Crippen molar-refractivity contribution in [3.63, 3.8) is 0 Å². The van der Waals surface area contributed by atoms with E-state index in [4.69, 9.17) is 5.11 Å². The Hall–Kier alpha value is -2.10. The van der Waals surface area contributed by atoms with Crippen molar-refractivity contribution in [3.05, 3.63) is 41.0 Å². The van der Waals surface area contributed by atoms with E-state index in [-0.39, 0.29) is 5.91 Å². The second kappa shape index (κ2) is 6.57. The van der Waals surface area contributed by atoms with E-state index in [9.17, 15) is 9.59 Å². The van der Waals surface area contributed by atoms with Crippen molar-refractivity contribution in [1.29, 1.82) is 0 Å². The molecule has 0 radical (unpaired) electrons. The van der Waals surface area contributed by atoms with Crippen molar-refractivity contribution in [2.75, 3.05) is 6.54 Å². The summed E-state index contributed by atoms with van der Waals surface area (Å²) in [5.41, 5.74) is 2.36. The number of carbonyl (C=O) groups excluding carboxylic acids is 1. The molecule has 2 rings (SSSR count). The Morgan fingerprint density at radius 3 is 2.67 bits per heavy atom. The third kappa shape index (κ3) is 3.94. The van der Waals surface area contributed by atoms with Crippen molar-refractivity contribution in [1.82, 2.24) is 4.90 Å². The van der Waals surface area contributed by atoms with Crippen LogP contribution in [0.2, 0.25) is 0 Å². The zero-order valence-electron chi connectivity index (χ0n) is 12.5. The van der Waals surface area contributed by atoms with Crippen LogP contribution in [0.1, 0.15) is 47.7 Å². The van der Waals surface area contributed by atoms with E-state index in [0.717, 1.165) is 43.0 Å². The Morgan fingerprint density at radius 1 is 1.38 bits per heavy atom. The number of aryl methyl sites for hydroxylation is 1. The maximum absolute atomic E-state index is 12.6. The van der Waals surface area contributed by atoms with Crippen LogP contribution in [0.4, 0.5) is 0 Å². The molecule has 4 nitrogen and oxygen atoms in total. The van der Waals surface area contributed by atoms with E-state index < -0.39 is 5.97 Å². The van der Waals surface area contributed by atoms with Crippen LogP contribution in [0.15, 0.2) is 24.3 Å². The summed E-state index contributed by atoms with van der Waals surface area (Å²) in [7, 11) is 0. The summed E-state index contributed by atoms with van der Waals surface area (Å²) < 4.78 is 0. The van der Waals surface area contributed by atoms with Gasteiger partial charge in [-0.25, -0.2) is 4.79 Å². The molecule has 0 unspecified atom stereocenters. The number of carboxylic acid groups (broad SMARTS) is 1. The quantitative estimate of drug-likeness (QED) is 0.818. The second-order valence-electron chi connectivity index (χ2n) is 5.47. The van der Waals surface area contributed by atoms with Crippen LogP contribution in [0.25, 0.3) is 6.08 Å². The zero-order chi connectivity index (χ0) is 15.4. The van der Waals surface area contributed by atoms with E-state index in [2.05, 4.69) is 6.92 Å². The lowest BCUT2D eigenvalue weighted by molar-refractivity contribution is -0.131. The van der Waals surface area contributed by atoms with Gasteiger partial charge in [-0.05, 0) is 55.5 Å². The highest BCUT2D eigenvalue weighted by Gasteiger charge is 2.32. The van der Waals surface area contributed by atoms with Gasteiger partial charge >= 0.3 is 5.97 Å². The SMILES string of the molecule is CCCN(C(=O)c1ccc(C)c(/C=C/C(=O)O)c1)C1CC1. The molecule has 0 saturated heterocycles. The Kier molecular flexibility index (Phi) is 4.78. The normalized spacial score (nSPS) is 14.4. The van der Waals surface area contributed by atoms with Crippen LogP contribution in [-0.2, 0) is 4.79 Å². The monoisotopic (exact) mass is 287 g/mol. The van der Waals surface area contributed by atoms with Crippen molar-refractivity contribution in [3.8, 4) is 0 Å². The summed E-state index contributed by atoms with van der Waals surface area (Å²) in [6, 6.07) is 5.85. The Bertz CT molecular complexity index is 573. The van der Waals surface area contributed by atoms with Gasteiger partial charge in [0.25, 0.3) is 5.91 Å². The van der Waals surface area contributed by atoms with E-state index in [0.29, 0.717) is 11.6 Å². The molecule has 0 bridgehead atoms. The van der Waals surface area contributed by atoms with Gasteiger partial charge in [0.05, 0.1) is 0 Å². The second-order valence-corrected chi connectivity index (χ2v) is 5.47. The number of hydrogen-bond donors (Lipinski definition) is 1. The average molecular weight is 287 g/mol. The number of carbonyl (C=O) groups is 2. The molecule has 0 spiro atoms. The summed E-state index contributed by atoms with van der Waals surface area (Å²) in [5.74, 6) is -0.943. The maximum atomic E-state index is 12.6. The molecule has 1 aliphatic carbocycles. The lowest BCUT2D eigenvalue weighted by Crippen LogP contribution is -2.33. The summed E-state index contributed by atoms with van der Waals surface area (Å²) in [6.07, 6.45) is 5.75. The Morgan fingerprint density at radius 2 is 2.10 bits per heavy atom. The lowest BCUT2D eigenvalue weighted by atomic mass is 10.0. The molecule has 1 aromatic carbocycles. The van der Waals surface area contributed by atoms with Crippen molar-refractivity contribution >= 4 is 18.0 Å². The fraction of sp³-hybridized carbons (Fsp3) is 0.412. The molecule has 112 valence electrons. The number of nitrogens with zero attached hydrogens (tertiary/aromatic N) is 1. The van der Waals surface area contributed by atoms with Crippen LogP contribution in [-0.4, -0.2) is 34.5 Å². The van der Waals surface area contributed by atoms with Crippen LogP contribution < -0.4 is 0 Å². The molecule has 21 heavy (non-hydrogen) atoms. The predicted octanol–water partition coefficient (Wildman–Crippen LogP) is 3.11. The maximum Gasteiger partial charge on any atom is 0.328 e. The number of hydrogen-bond acceptors (Lipinski definition) is 2. The first kappa shape index (κ1) is 15.3. The van der Waals surface area contributed by atoms with E-state index in [1.165, 1.54) is 6.08 Å². The highest BCUT2D eigenvalue weighted by Crippen LogP contribution is 2.28. The van der Waals surface area contributed by atoms with Crippen molar-refractivity contribution < 1.29 is 14.7 Å². The third-order valence-electron chi connectivity index (χ3n) is 3.64. The minimum Gasteiger partial charge on any atom is -0.478 e. The van der Waals surface area contributed by atoms with Crippen LogP contribution in [0.3, 0.4) is 0 Å². The molecule has 0 heterocycles. The highest BCUT2D eigenvalue weighted by molar-refractivity contribution is 5.95. The minimum absolute atomic E-state index is 0.0457. The largest absolute Gasteiger partial charge is 0.478 e. The smallest absolute Gasteiger partial charge is 0.328 e. The van der Waals surface area contributed by atoms with Crippen LogP contribution >= 0.6 is 0 Å². The first-order chi connectivity index (χ1) is 10.0. The highest BCUT2D eigenvalue weighted by atomic mass is 16.4. The van der Waals surface area contributed by atoms with Gasteiger partial charge in [-0.3, -0.25) is 4.79 Å². The van der Waals surface area contributed by atoms with Crippen molar-refractivity contribution in [2.24, 2.45) is 0 Å². The first-order valence-electron chi connectivity index (χ1n) is 7.35. The summed E-state index contributed by atoms with van der Waals surface area (Å²) in [6.45, 7) is 4.75. The number of aliphatic carboxylic acids is 1. The molecule has 1 aliphatic rings. The van der Waals surface area contributed by atoms with Gasteiger partial charge in [0.1, 0.15) is 0 Å². The van der Waals surface area contributed by atoms with Gasteiger partial charge < -0.3 is 10.0 Å². The summed E-state index contributed by atoms with van der Waals surface area (Å²) in [5, 5.41) is 8.72. The molecule has 1 fully saturated rings. The average Bonchev–Trinajstić information content (AvgIpc) is 3.27. The molecule has 1 N–H and O–H groups in total. The van der Waals surface area contributed by atoms with Gasteiger partial charge in [0.15, 0.2) is 0 Å². The fourth-order valence-electron chi connectivity index (χ4n) is 2.36. The first-order valence-corrected chi connectivity index (χ1v) is 7.35. The van der Waals surface area contributed by atoms with Gasteiger partial charge in [0, 0.05) is 24.2 Å². The number of amides is 1. The molecular weight excluding hydrogens is 266 g/mol. The number of carboxylic acids is 1. The van der Waals surface area contributed by atoms with Gasteiger partial charge in [0.2, 0.25) is 0 Å².